The summed E-state index contributed by atoms with van der Waals surface area (Å²) in [5, 5.41) is 4.32. The van der Waals surface area contributed by atoms with Crippen molar-refractivity contribution >= 4 is 52.4 Å². The topological polar surface area (TPSA) is 58.1 Å². The van der Waals surface area contributed by atoms with Crippen LogP contribution in [-0.2, 0) is 10.5 Å². The van der Waals surface area contributed by atoms with Crippen LogP contribution in [0.15, 0.2) is 66.0 Å². The summed E-state index contributed by atoms with van der Waals surface area (Å²) in [6.07, 6.45) is 3.34. The van der Waals surface area contributed by atoms with Crippen molar-refractivity contribution in [3.63, 3.8) is 0 Å². The van der Waals surface area contributed by atoms with Crippen molar-refractivity contribution in [3.8, 4) is 0 Å². The molecule has 28 heavy (non-hydrogen) atoms. The van der Waals surface area contributed by atoms with Crippen molar-refractivity contribution in [1.82, 2.24) is 9.97 Å². The summed E-state index contributed by atoms with van der Waals surface area (Å²) in [4.78, 5) is 22.9. The van der Waals surface area contributed by atoms with Gasteiger partial charge in [-0.1, -0.05) is 59.6 Å². The zero-order valence-corrected chi connectivity index (χ0v) is 17.4. The number of nitrogens with zero attached hydrogens (tertiary/aromatic N) is 3. The fourth-order valence-electron chi connectivity index (χ4n) is 2.42. The number of amides is 1. The molecule has 0 aliphatic carbocycles. The Bertz CT molecular complexity index is 936. The maximum atomic E-state index is 12.4. The van der Waals surface area contributed by atoms with Gasteiger partial charge in [0.25, 0.3) is 0 Å². The molecule has 0 aliphatic rings. The number of rotatable bonds is 7. The number of carbonyl (C=O) groups excluding carboxylic acids is 1. The molecule has 2 aromatic carbocycles. The molecule has 0 unspecified atom stereocenters. The van der Waals surface area contributed by atoms with Gasteiger partial charge in [0.2, 0.25) is 5.91 Å². The zero-order valence-electron chi connectivity index (χ0n) is 15.1. The van der Waals surface area contributed by atoms with E-state index < -0.39 is 0 Å². The van der Waals surface area contributed by atoms with Crippen LogP contribution < -0.4 is 10.2 Å². The number of nitrogens with one attached hydrogen (secondary N) is 1. The highest BCUT2D eigenvalue weighted by Gasteiger charge is 2.13. The van der Waals surface area contributed by atoms with Crippen LogP contribution in [0.5, 0.6) is 0 Å². The van der Waals surface area contributed by atoms with Gasteiger partial charge in [-0.3, -0.25) is 9.78 Å². The number of carbonyl (C=O) groups is 1. The molecule has 0 saturated carbocycles. The van der Waals surface area contributed by atoms with Crippen molar-refractivity contribution in [2.45, 2.75) is 10.8 Å². The summed E-state index contributed by atoms with van der Waals surface area (Å²) in [6.45, 7) is 0.0863. The fourth-order valence-corrected chi connectivity index (χ4v) is 3.71. The van der Waals surface area contributed by atoms with E-state index in [-0.39, 0.29) is 12.5 Å². The predicted molar refractivity (Wildman–Crippen MR) is 116 cm³/mol. The molecule has 1 heterocycles. The maximum Gasteiger partial charge on any atom is 0.244 e. The van der Waals surface area contributed by atoms with Crippen LogP contribution in [0.25, 0.3) is 0 Å². The van der Waals surface area contributed by atoms with Gasteiger partial charge in [-0.2, -0.15) is 0 Å². The normalized spacial score (nSPS) is 10.5. The molecule has 0 bridgehead atoms. The second-order valence-corrected chi connectivity index (χ2v) is 7.80. The van der Waals surface area contributed by atoms with Crippen molar-refractivity contribution in [2.24, 2.45) is 0 Å². The summed E-state index contributed by atoms with van der Waals surface area (Å²) < 4.78 is 0. The monoisotopic (exact) mass is 432 g/mol. The smallest absolute Gasteiger partial charge is 0.244 e. The highest BCUT2D eigenvalue weighted by Crippen LogP contribution is 2.29. The zero-order chi connectivity index (χ0) is 19.9. The Kier molecular flexibility index (Phi) is 7.14. The Hall–Kier alpha value is -2.28. The molecule has 1 N–H and O–H groups in total. The lowest BCUT2D eigenvalue weighted by Gasteiger charge is -2.18. The number of hydrogen-bond donors (Lipinski definition) is 1. The average Bonchev–Trinajstić information content (AvgIpc) is 2.70. The number of aromatic nitrogens is 2. The summed E-state index contributed by atoms with van der Waals surface area (Å²) >= 11 is 13.8. The third-order valence-corrected chi connectivity index (χ3v) is 5.43. The molecule has 0 radical (unpaired) electrons. The molecule has 1 amide bonds. The molecule has 0 fully saturated rings. The Morgan fingerprint density at radius 3 is 2.50 bits per heavy atom. The van der Waals surface area contributed by atoms with Gasteiger partial charge in [0.15, 0.2) is 0 Å². The van der Waals surface area contributed by atoms with Crippen LogP contribution in [0, 0.1) is 0 Å². The van der Waals surface area contributed by atoms with Crippen LogP contribution >= 0.6 is 35.0 Å². The number of halogens is 2. The fraction of sp³-hybridized carbons (Fsp3) is 0.150. The van der Waals surface area contributed by atoms with E-state index in [1.165, 1.54) is 5.56 Å². The number of thioether (sulfide) groups is 1. The van der Waals surface area contributed by atoms with E-state index in [9.17, 15) is 4.79 Å². The van der Waals surface area contributed by atoms with Gasteiger partial charge >= 0.3 is 0 Å². The second kappa shape index (κ2) is 9.78. The Balaban J connectivity index is 1.61. The molecule has 5 nitrogen and oxygen atoms in total. The number of benzene rings is 2. The number of hydrogen-bond acceptors (Lipinski definition) is 5. The van der Waals surface area contributed by atoms with E-state index in [1.807, 2.05) is 18.2 Å². The van der Waals surface area contributed by atoms with E-state index in [0.29, 0.717) is 21.6 Å². The molecule has 0 atom stereocenters. The average molecular weight is 433 g/mol. The summed E-state index contributed by atoms with van der Waals surface area (Å²) in [6, 6.07) is 15.2. The molecule has 0 saturated heterocycles. The lowest BCUT2D eigenvalue weighted by Crippen LogP contribution is -2.30. The summed E-state index contributed by atoms with van der Waals surface area (Å²) in [7, 11) is 1.78. The number of anilines is 2. The lowest BCUT2D eigenvalue weighted by molar-refractivity contribution is -0.114. The molecular weight excluding hydrogens is 415 g/mol. The van der Waals surface area contributed by atoms with Gasteiger partial charge < -0.3 is 10.2 Å². The molecule has 1 aromatic heterocycles. The molecule has 3 rings (SSSR count). The second-order valence-electron chi connectivity index (χ2n) is 5.99. The number of likely N-dealkylation sites (N-methyl/N-ethyl adjacent to an activating group) is 1. The molecule has 144 valence electrons. The maximum absolute atomic E-state index is 12.4. The minimum Gasteiger partial charge on any atom is -0.349 e. The van der Waals surface area contributed by atoms with Gasteiger partial charge in [-0.05, 0) is 17.7 Å². The predicted octanol–water partition coefficient (Wildman–Crippen LogP) is 5.15. The Morgan fingerprint density at radius 1 is 1.07 bits per heavy atom. The van der Waals surface area contributed by atoms with Crippen molar-refractivity contribution in [3.05, 3.63) is 76.5 Å². The first-order chi connectivity index (χ1) is 13.5. The number of para-hydroxylation sites is 1. The quantitative estimate of drug-likeness (QED) is 0.523. The van der Waals surface area contributed by atoms with Gasteiger partial charge in [0.1, 0.15) is 10.8 Å². The standard InChI is InChI=1S/C20H18Cl2N4OS/c1-26(12-18(27)25-20-15(21)8-5-9-16(20)22)17-10-23-11-19(24-17)28-13-14-6-3-2-4-7-14/h2-11H,12-13H2,1H3,(H,25,27). The van der Waals surface area contributed by atoms with E-state index in [1.54, 1.807) is 54.3 Å². The first kappa shape index (κ1) is 20.5. The third kappa shape index (κ3) is 5.61. The summed E-state index contributed by atoms with van der Waals surface area (Å²) in [5.74, 6) is 1.16. The Labute approximate surface area is 178 Å². The molecule has 0 spiro atoms. The van der Waals surface area contributed by atoms with Crippen molar-refractivity contribution in [1.29, 1.82) is 0 Å². The third-order valence-electron chi connectivity index (χ3n) is 3.83. The highest BCUT2D eigenvalue weighted by molar-refractivity contribution is 7.98. The minimum atomic E-state index is -0.248. The minimum absolute atomic E-state index is 0.0863. The largest absolute Gasteiger partial charge is 0.349 e. The van der Waals surface area contributed by atoms with Crippen LogP contribution in [0.1, 0.15) is 5.56 Å². The highest BCUT2D eigenvalue weighted by atomic mass is 35.5. The molecule has 0 aliphatic heterocycles. The Morgan fingerprint density at radius 2 is 1.79 bits per heavy atom. The van der Waals surface area contributed by atoms with Crippen LogP contribution in [0.4, 0.5) is 11.5 Å². The van der Waals surface area contributed by atoms with Crippen molar-refractivity contribution in [2.75, 3.05) is 23.8 Å². The van der Waals surface area contributed by atoms with Gasteiger partial charge in [0, 0.05) is 12.8 Å². The van der Waals surface area contributed by atoms with Crippen LogP contribution in [0.3, 0.4) is 0 Å². The first-order valence-electron chi connectivity index (χ1n) is 8.46. The van der Waals surface area contributed by atoms with E-state index in [4.69, 9.17) is 23.2 Å². The molecule has 8 heteroatoms. The summed E-state index contributed by atoms with van der Waals surface area (Å²) in [5.41, 5.74) is 1.62. The van der Waals surface area contributed by atoms with Gasteiger partial charge in [-0.15, -0.1) is 11.8 Å². The van der Waals surface area contributed by atoms with Crippen LogP contribution in [0.2, 0.25) is 10.0 Å². The van der Waals surface area contributed by atoms with Gasteiger partial charge in [0.05, 0.1) is 34.7 Å². The van der Waals surface area contributed by atoms with Crippen molar-refractivity contribution < 1.29 is 4.79 Å². The molecular formula is C20H18Cl2N4OS. The van der Waals surface area contributed by atoms with E-state index >= 15 is 0 Å². The van der Waals surface area contributed by atoms with Gasteiger partial charge in [-0.25, -0.2) is 4.98 Å². The lowest BCUT2D eigenvalue weighted by atomic mass is 10.2. The SMILES string of the molecule is CN(CC(=O)Nc1c(Cl)cccc1Cl)c1cncc(SCc2ccccc2)n1. The first-order valence-corrected chi connectivity index (χ1v) is 10.2. The van der Waals surface area contributed by atoms with E-state index in [2.05, 4.69) is 27.4 Å². The molecule has 3 aromatic rings. The van der Waals surface area contributed by atoms with Crippen LogP contribution in [-0.4, -0.2) is 29.5 Å². The van der Waals surface area contributed by atoms with E-state index in [0.717, 1.165) is 10.8 Å².